The number of hydrogen-bond acceptors (Lipinski definition) is 9. The van der Waals surface area contributed by atoms with Gasteiger partial charge in [0.1, 0.15) is 12.1 Å². The second-order valence-electron chi connectivity index (χ2n) is 9.28. The van der Waals surface area contributed by atoms with E-state index < -0.39 is 36.0 Å². The van der Waals surface area contributed by atoms with Gasteiger partial charge in [0.05, 0.1) is 6.42 Å². The van der Waals surface area contributed by atoms with Crippen LogP contribution in [0.15, 0.2) is 91.1 Å². The first-order chi connectivity index (χ1) is 20.6. The van der Waals surface area contributed by atoms with Gasteiger partial charge in [0, 0.05) is 13.8 Å². The van der Waals surface area contributed by atoms with E-state index in [9.17, 15) is 24.3 Å². The van der Waals surface area contributed by atoms with Crippen LogP contribution in [0, 0.1) is 0 Å². The zero-order valence-electron chi connectivity index (χ0n) is 25.1. The van der Waals surface area contributed by atoms with Gasteiger partial charge in [0.2, 0.25) is 0 Å². The first-order valence-corrected chi connectivity index (χ1v) is 14.2. The molecule has 0 saturated carbocycles. The Balaban J connectivity index is 2.39. The van der Waals surface area contributed by atoms with Crippen molar-refractivity contribution in [1.82, 2.24) is 0 Å². The number of ether oxygens (including phenoxy) is 3. The molecule has 0 aliphatic carbocycles. The predicted octanol–water partition coefficient (Wildman–Crippen LogP) is 6.06. The monoisotopic (exact) mass is 593 g/mol. The molecule has 0 amide bonds. The molecule has 0 bridgehead atoms. The SMILES string of the molecule is CC/C=C\C/C=C\C/C=C\C/C=C\C/C=C\C/C=C\CC(=O)OC(=O)[C@@H](N)[C@H](O)c1ccc(OC(C)=O)c(OC(C)=O)c1. The quantitative estimate of drug-likeness (QED) is 0.0899. The van der Waals surface area contributed by atoms with E-state index in [-0.39, 0.29) is 23.5 Å². The van der Waals surface area contributed by atoms with E-state index in [4.69, 9.17) is 19.9 Å². The van der Waals surface area contributed by atoms with Crippen LogP contribution < -0.4 is 15.2 Å². The zero-order chi connectivity index (χ0) is 31.9. The second kappa shape index (κ2) is 22.3. The minimum absolute atomic E-state index is 0.0543. The normalized spacial score (nSPS) is 13.5. The fourth-order valence-electron chi connectivity index (χ4n) is 3.44. The topological polar surface area (TPSA) is 142 Å². The lowest BCUT2D eigenvalue weighted by atomic mass is 10.0. The Labute approximate surface area is 254 Å². The maximum Gasteiger partial charge on any atom is 0.333 e. The third kappa shape index (κ3) is 17.3. The molecule has 1 aromatic carbocycles. The number of carbonyl (C=O) groups excluding carboxylic acids is 4. The number of aliphatic hydroxyl groups is 1. The van der Waals surface area contributed by atoms with Gasteiger partial charge in [-0.1, -0.05) is 85.9 Å². The van der Waals surface area contributed by atoms with Gasteiger partial charge < -0.3 is 25.1 Å². The maximum atomic E-state index is 12.3. The van der Waals surface area contributed by atoms with Gasteiger partial charge in [-0.15, -0.1) is 0 Å². The van der Waals surface area contributed by atoms with Crippen LogP contribution in [-0.4, -0.2) is 35.0 Å². The number of benzene rings is 1. The Kier molecular flexibility index (Phi) is 19.0. The molecule has 0 spiro atoms. The third-order valence-electron chi connectivity index (χ3n) is 5.52. The molecule has 0 fully saturated rings. The molecule has 0 unspecified atom stereocenters. The van der Waals surface area contributed by atoms with Gasteiger partial charge in [-0.2, -0.15) is 0 Å². The van der Waals surface area contributed by atoms with Gasteiger partial charge >= 0.3 is 23.9 Å². The number of nitrogens with two attached hydrogens (primary N) is 1. The zero-order valence-corrected chi connectivity index (χ0v) is 25.1. The molecule has 2 atom stereocenters. The summed E-state index contributed by atoms with van der Waals surface area (Å²) in [5.74, 6) is -3.48. The summed E-state index contributed by atoms with van der Waals surface area (Å²) in [6.45, 7) is 4.44. The summed E-state index contributed by atoms with van der Waals surface area (Å²) in [6, 6.07) is 2.22. The first-order valence-electron chi connectivity index (χ1n) is 14.2. The molecule has 9 nitrogen and oxygen atoms in total. The van der Waals surface area contributed by atoms with Crippen molar-refractivity contribution in [2.24, 2.45) is 5.73 Å². The number of allylic oxidation sites excluding steroid dienone is 11. The molecule has 0 aliphatic rings. The molecule has 0 saturated heterocycles. The van der Waals surface area contributed by atoms with Crippen molar-refractivity contribution < 1.29 is 38.5 Å². The second-order valence-corrected chi connectivity index (χ2v) is 9.28. The summed E-state index contributed by atoms with van der Waals surface area (Å²) < 4.78 is 14.7. The minimum Gasteiger partial charge on any atom is -0.423 e. The van der Waals surface area contributed by atoms with E-state index in [0.29, 0.717) is 6.42 Å². The Bertz CT molecular complexity index is 1220. The van der Waals surface area contributed by atoms with Gasteiger partial charge in [0.15, 0.2) is 11.5 Å². The van der Waals surface area contributed by atoms with E-state index in [2.05, 4.69) is 55.5 Å². The molecule has 0 radical (unpaired) electrons. The lowest BCUT2D eigenvalue weighted by molar-refractivity contribution is -0.161. The summed E-state index contributed by atoms with van der Waals surface area (Å²) in [4.78, 5) is 47.0. The van der Waals surface area contributed by atoms with Crippen molar-refractivity contribution in [2.45, 2.75) is 77.9 Å². The van der Waals surface area contributed by atoms with Crippen LogP contribution in [0.2, 0.25) is 0 Å². The van der Waals surface area contributed by atoms with Crippen LogP contribution in [0.5, 0.6) is 11.5 Å². The summed E-state index contributed by atoms with van der Waals surface area (Å²) >= 11 is 0. The van der Waals surface area contributed by atoms with E-state index in [1.54, 1.807) is 12.2 Å². The molecule has 43 heavy (non-hydrogen) atoms. The van der Waals surface area contributed by atoms with Gasteiger partial charge in [-0.3, -0.25) is 14.4 Å². The summed E-state index contributed by atoms with van der Waals surface area (Å²) in [6.07, 6.45) is 28.0. The number of rotatable bonds is 18. The Morgan fingerprint density at radius 3 is 1.63 bits per heavy atom. The van der Waals surface area contributed by atoms with Gasteiger partial charge in [-0.25, -0.2) is 4.79 Å². The van der Waals surface area contributed by atoms with Crippen LogP contribution in [-0.2, 0) is 23.9 Å². The molecule has 1 rings (SSSR count). The number of aliphatic hydroxyl groups excluding tert-OH is 1. The van der Waals surface area contributed by atoms with Crippen molar-refractivity contribution in [3.63, 3.8) is 0 Å². The van der Waals surface area contributed by atoms with Crippen LogP contribution in [0.25, 0.3) is 0 Å². The predicted molar refractivity (Wildman–Crippen MR) is 166 cm³/mol. The van der Waals surface area contributed by atoms with Crippen LogP contribution in [0.3, 0.4) is 0 Å². The highest BCUT2D eigenvalue weighted by molar-refractivity contribution is 5.89. The largest absolute Gasteiger partial charge is 0.423 e. The van der Waals surface area contributed by atoms with Crippen molar-refractivity contribution in [2.75, 3.05) is 0 Å². The summed E-state index contributed by atoms with van der Waals surface area (Å²) in [5.41, 5.74) is 5.88. The molecular weight excluding hydrogens is 550 g/mol. The maximum absolute atomic E-state index is 12.3. The van der Waals surface area contributed by atoms with Crippen LogP contribution in [0.1, 0.15) is 77.4 Å². The molecule has 9 heteroatoms. The standard InChI is InChI=1S/C34H43NO8/c1-4-5-6-7-8-9-10-11-12-13-14-15-16-17-18-19-20-21-22-31(38)43-34(40)32(35)33(39)28-23-24-29(41-26(2)36)30(25-28)42-27(3)37/h5-6,8-9,11-12,14-15,17-18,20-21,23-25,32-33,39H,4,7,10,13,16,19,22,35H2,1-3H3/b6-5-,9-8-,12-11-,15-14-,18-17-,21-20-/t32-,33+/m0/s1. The van der Waals surface area contributed by atoms with Gasteiger partial charge in [-0.05, 0) is 56.2 Å². The first kappa shape index (κ1) is 36.7. The lowest BCUT2D eigenvalue weighted by Crippen LogP contribution is -2.39. The van der Waals surface area contributed by atoms with Gasteiger partial charge in [0.25, 0.3) is 0 Å². The molecule has 1 aromatic rings. The Morgan fingerprint density at radius 1 is 0.721 bits per heavy atom. The fourth-order valence-corrected chi connectivity index (χ4v) is 3.44. The van der Waals surface area contributed by atoms with Crippen molar-refractivity contribution >= 4 is 23.9 Å². The highest BCUT2D eigenvalue weighted by Crippen LogP contribution is 2.32. The summed E-state index contributed by atoms with van der Waals surface area (Å²) in [5, 5.41) is 10.5. The number of esters is 4. The van der Waals surface area contributed by atoms with E-state index in [1.807, 2.05) is 12.2 Å². The summed E-state index contributed by atoms with van der Waals surface area (Å²) in [7, 11) is 0. The van der Waals surface area contributed by atoms with E-state index >= 15 is 0 Å². The smallest absolute Gasteiger partial charge is 0.333 e. The molecule has 0 heterocycles. The van der Waals surface area contributed by atoms with Crippen molar-refractivity contribution in [1.29, 1.82) is 0 Å². The van der Waals surface area contributed by atoms with Crippen molar-refractivity contribution in [3.8, 4) is 11.5 Å². The molecule has 232 valence electrons. The number of hydrogen-bond donors (Lipinski definition) is 2. The number of carbonyl (C=O) groups is 4. The van der Waals surface area contributed by atoms with Crippen molar-refractivity contribution in [3.05, 3.63) is 96.7 Å². The highest BCUT2D eigenvalue weighted by Gasteiger charge is 2.28. The van der Waals surface area contributed by atoms with E-state index in [0.717, 1.165) is 39.0 Å². The minimum atomic E-state index is -1.60. The Morgan fingerprint density at radius 2 is 1.16 bits per heavy atom. The molecular formula is C34H43NO8. The fraction of sp³-hybridized carbons (Fsp3) is 0.353. The van der Waals surface area contributed by atoms with Crippen LogP contribution >= 0.6 is 0 Å². The van der Waals surface area contributed by atoms with Crippen LogP contribution in [0.4, 0.5) is 0 Å². The molecule has 3 N–H and O–H groups in total. The average molecular weight is 594 g/mol. The van der Waals surface area contributed by atoms with E-state index in [1.165, 1.54) is 25.1 Å². The molecule has 0 aliphatic heterocycles. The Hall–Kier alpha value is -4.34. The third-order valence-corrected chi connectivity index (χ3v) is 5.52. The molecule has 0 aromatic heterocycles. The highest BCUT2D eigenvalue weighted by atomic mass is 16.6. The average Bonchev–Trinajstić information content (AvgIpc) is 2.96. The lowest BCUT2D eigenvalue weighted by Gasteiger charge is -2.18.